The van der Waals surface area contributed by atoms with Crippen LogP contribution in [0.4, 0.5) is 14.5 Å². The summed E-state index contributed by atoms with van der Waals surface area (Å²) in [5.41, 5.74) is 0.208. The molecule has 0 amide bonds. The van der Waals surface area contributed by atoms with Crippen molar-refractivity contribution in [3.63, 3.8) is 0 Å². The molecular weight excluding hydrogens is 280 g/mol. The molecular formula is C10H15F2N3O3S. The molecule has 0 bridgehead atoms. The minimum Gasteiger partial charge on any atom is -0.395 e. The van der Waals surface area contributed by atoms with Crippen LogP contribution >= 0.6 is 0 Å². The Morgan fingerprint density at radius 3 is 2.74 bits per heavy atom. The van der Waals surface area contributed by atoms with Gasteiger partial charge >= 0.3 is 0 Å². The predicted molar refractivity (Wildman–Crippen MR) is 65.6 cm³/mol. The highest BCUT2D eigenvalue weighted by molar-refractivity contribution is 7.89. The molecule has 0 aliphatic heterocycles. The Labute approximate surface area is 110 Å². The van der Waals surface area contributed by atoms with Gasteiger partial charge in [-0.15, -0.1) is 0 Å². The molecule has 0 unspecified atom stereocenters. The minimum absolute atomic E-state index is 0.208. The van der Waals surface area contributed by atoms with Gasteiger partial charge in [0.1, 0.15) is 0 Å². The molecule has 0 saturated carbocycles. The number of sulfonamides is 1. The van der Waals surface area contributed by atoms with E-state index in [1.165, 1.54) is 25.4 Å². The van der Waals surface area contributed by atoms with E-state index in [4.69, 9.17) is 5.11 Å². The number of aliphatic hydroxyl groups excluding tert-OH is 1. The van der Waals surface area contributed by atoms with Gasteiger partial charge in [-0.05, 0) is 12.1 Å². The van der Waals surface area contributed by atoms with Gasteiger partial charge in [0, 0.05) is 19.8 Å². The van der Waals surface area contributed by atoms with Crippen LogP contribution in [0.3, 0.4) is 0 Å². The summed E-state index contributed by atoms with van der Waals surface area (Å²) < 4.78 is 49.8. The fourth-order valence-corrected chi connectivity index (χ4v) is 3.00. The third kappa shape index (κ3) is 3.82. The molecule has 0 aliphatic rings. The van der Waals surface area contributed by atoms with Crippen molar-refractivity contribution >= 4 is 15.7 Å². The lowest BCUT2D eigenvalue weighted by Crippen LogP contribution is -2.37. The Hall–Kier alpha value is -1.32. The number of hydrogen-bond donors (Lipinski definition) is 2. The van der Waals surface area contributed by atoms with Gasteiger partial charge in [0.2, 0.25) is 0 Å². The average Bonchev–Trinajstić information content (AvgIpc) is 2.37. The van der Waals surface area contributed by atoms with Crippen LogP contribution in [0.1, 0.15) is 0 Å². The van der Waals surface area contributed by atoms with E-state index in [-0.39, 0.29) is 10.7 Å². The van der Waals surface area contributed by atoms with Gasteiger partial charge in [0.25, 0.3) is 16.4 Å². The molecule has 9 heteroatoms. The van der Waals surface area contributed by atoms with E-state index in [9.17, 15) is 17.2 Å². The largest absolute Gasteiger partial charge is 0.395 e. The number of pyridine rings is 1. The van der Waals surface area contributed by atoms with Crippen LogP contribution in [0.15, 0.2) is 23.4 Å². The van der Waals surface area contributed by atoms with Gasteiger partial charge in [0.15, 0.2) is 5.03 Å². The Kier molecular flexibility index (Phi) is 5.58. The summed E-state index contributed by atoms with van der Waals surface area (Å²) in [7, 11) is -2.68. The first-order valence-corrected chi connectivity index (χ1v) is 6.89. The van der Waals surface area contributed by atoms with Crippen molar-refractivity contribution in [1.82, 2.24) is 9.29 Å². The highest BCUT2D eigenvalue weighted by Crippen LogP contribution is 2.22. The highest BCUT2D eigenvalue weighted by Gasteiger charge is 2.30. The maximum Gasteiger partial charge on any atom is 0.262 e. The highest BCUT2D eigenvalue weighted by atomic mass is 32.2. The van der Waals surface area contributed by atoms with Gasteiger partial charge in [-0.25, -0.2) is 22.2 Å². The lowest BCUT2D eigenvalue weighted by Gasteiger charge is -2.21. The lowest BCUT2D eigenvalue weighted by atomic mass is 10.4. The molecule has 2 N–H and O–H groups in total. The Bertz CT molecular complexity index is 510. The number of anilines is 1. The smallest absolute Gasteiger partial charge is 0.262 e. The van der Waals surface area contributed by atoms with Crippen LogP contribution in [0.5, 0.6) is 0 Å². The van der Waals surface area contributed by atoms with Crippen LogP contribution in [-0.4, -0.2) is 56.0 Å². The maximum absolute atomic E-state index is 12.4. The first kappa shape index (κ1) is 15.7. The van der Waals surface area contributed by atoms with E-state index in [0.717, 1.165) is 0 Å². The fourth-order valence-electron chi connectivity index (χ4n) is 1.48. The number of alkyl halides is 2. The summed E-state index contributed by atoms with van der Waals surface area (Å²) >= 11 is 0. The Morgan fingerprint density at radius 1 is 1.53 bits per heavy atom. The monoisotopic (exact) mass is 295 g/mol. The molecule has 0 radical (unpaired) electrons. The quantitative estimate of drug-likeness (QED) is 0.759. The number of nitrogens with one attached hydrogen (secondary N) is 1. The van der Waals surface area contributed by atoms with E-state index in [2.05, 4.69) is 10.3 Å². The standard InChI is InChI=1S/C10H15F2N3O3S/c1-13-8-3-2-4-14-10(8)19(17,18)15(5-6-16)7-9(11)12/h2-4,9,13,16H,5-7H2,1H3. The van der Waals surface area contributed by atoms with Crippen LogP contribution < -0.4 is 5.32 Å². The summed E-state index contributed by atoms with van der Waals surface area (Å²) in [6.07, 6.45) is -1.57. The second-order valence-corrected chi connectivity index (χ2v) is 5.44. The van der Waals surface area contributed by atoms with Crippen LogP contribution in [-0.2, 0) is 10.0 Å². The van der Waals surface area contributed by atoms with Gasteiger partial charge in [-0.3, -0.25) is 0 Å². The molecule has 0 aliphatic carbocycles. The molecule has 1 aromatic rings. The van der Waals surface area contributed by atoms with Gasteiger partial charge in [-0.1, -0.05) is 0 Å². The third-order valence-corrected chi connectivity index (χ3v) is 4.14. The number of hydrogen-bond acceptors (Lipinski definition) is 5. The van der Waals surface area contributed by atoms with Gasteiger partial charge in [-0.2, -0.15) is 4.31 Å². The number of rotatable bonds is 7. The van der Waals surface area contributed by atoms with Gasteiger partial charge in [0.05, 0.1) is 18.8 Å². The summed E-state index contributed by atoms with van der Waals surface area (Å²) in [4.78, 5) is 3.71. The first-order chi connectivity index (χ1) is 8.93. The molecule has 1 aromatic heterocycles. The van der Waals surface area contributed by atoms with E-state index in [1.54, 1.807) is 0 Å². The number of halogens is 2. The summed E-state index contributed by atoms with van der Waals surface area (Å²) in [5.74, 6) is 0. The molecule has 0 aromatic carbocycles. The van der Waals surface area contributed by atoms with Crippen LogP contribution in [0, 0.1) is 0 Å². The second kappa shape index (κ2) is 6.73. The van der Waals surface area contributed by atoms with E-state index in [0.29, 0.717) is 4.31 Å². The summed E-state index contributed by atoms with van der Waals surface area (Å²) in [5, 5.41) is 11.1. The lowest BCUT2D eigenvalue weighted by molar-refractivity contribution is 0.113. The normalized spacial score (nSPS) is 12.1. The van der Waals surface area contributed by atoms with Crippen LogP contribution in [0.25, 0.3) is 0 Å². The molecule has 0 saturated heterocycles. The summed E-state index contributed by atoms with van der Waals surface area (Å²) in [6.45, 7) is -1.94. The van der Waals surface area contributed by atoms with E-state index < -0.39 is 36.1 Å². The third-order valence-electron chi connectivity index (χ3n) is 2.32. The zero-order valence-electron chi connectivity index (χ0n) is 10.3. The van der Waals surface area contributed by atoms with Crippen molar-refractivity contribution in [1.29, 1.82) is 0 Å². The maximum atomic E-state index is 12.4. The van der Waals surface area contributed by atoms with Crippen molar-refractivity contribution in [2.75, 3.05) is 32.1 Å². The summed E-state index contributed by atoms with van der Waals surface area (Å²) in [6, 6.07) is 2.99. The van der Waals surface area contributed by atoms with Crippen LogP contribution in [0.2, 0.25) is 0 Å². The average molecular weight is 295 g/mol. The van der Waals surface area contributed by atoms with Crippen molar-refractivity contribution in [3.05, 3.63) is 18.3 Å². The molecule has 0 spiro atoms. The van der Waals surface area contributed by atoms with Gasteiger partial charge < -0.3 is 10.4 Å². The first-order valence-electron chi connectivity index (χ1n) is 5.45. The van der Waals surface area contributed by atoms with Crippen molar-refractivity contribution in [3.8, 4) is 0 Å². The Morgan fingerprint density at radius 2 is 2.21 bits per heavy atom. The minimum atomic E-state index is -4.18. The van der Waals surface area contributed by atoms with Crippen molar-refractivity contribution < 1.29 is 22.3 Å². The molecule has 0 fully saturated rings. The van der Waals surface area contributed by atoms with E-state index >= 15 is 0 Å². The molecule has 0 atom stereocenters. The number of aromatic nitrogens is 1. The zero-order chi connectivity index (χ0) is 14.5. The number of nitrogens with zero attached hydrogens (tertiary/aromatic N) is 2. The molecule has 19 heavy (non-hydrogen) atoms. The fraction of sp³-hybridized carbons (Fsp3) is 0.500. The van der Waals surface area contributed by atoms with E-state index in [1.807, 2.05) is 0 Å². The molecule has 1 rings (SSSR count). The molecule has 6 nitrogen and oxygen atoms in total. The van der Waals surface area contributed by atoms with Crippen molar-refractivity contribution in [2.45, 2.75) is 11.5 Å². The Balaban J connectivity index is 3.18. The van der Waals surface area contributed by atoms with Crippen molar-refractivity contribution in [2.24, 2.45) is 0 Å². The predicted octanol–water partition coefficient (Wildman–Crippen LogP) is 0.371. The molecule has 1 heterocycles. The SMILES string of the molecule is CNc1cccnc1S(=O)(=O)N(CCO)CC(F)F. The zero-order valence-corrected chi connectivity index (χ0v) is 11.1. The number of aliphatic hydroxyl groups is 1. The topological polar surface area (TPSA) is 82.5 Å². The molecule has 108 valence electrons. The second-order valence-electron chi connectivity index (χ2n) is 3.58.